The smallest absolute Gasteiger partial charge is 0.103 e. The molecule has 1 saturated carbocycles. The lowest BCUT2D eigenvalue weighted by Gasteiger charge is -2.26. The van der Waals surface area contributed by atoms with Gasteiger partial charge in [-0.25, -0.2) is 0 Å². The van der Waals surface area contributed by atoms with Crippen LogP contribution in [-0.4, -0.2) is 13.9 Å². The summed E-state index contributed by atoms with van der Waals surface area (Å²) in [6.45, 7) is 0. The first kappa shape index (κ1) is 8.13. The number of aliphatic hydroxyl groups excluding tert-OH is 1. The van der Waals surface area contributed by atoms with Gasteiger partial charge in [0.15, 0.2) is 0 Å². The zero-order chi connectivity index (χ0) is 8.39. The molecule has 2 rings (SSSR count). The molecule has 0 amide bonds. The Bertz CT molecular complexity index is 233. The molecule has 0 spiro atoms. The molecule has 0 aliphatic heterocycles. The topological polar surface area (TPSA) is 46.0 Å². The third-order valence-corrected chi connectivity index (χ3v) is 2.99. The molecule has 1 heterocycles. The van der Waals surface area contributed by atoms with Gasteiger partial charge in [-0.1, -0.05) is 19.3 Å². The highest BCUT2D eigenvalue weighted by molar-refractivity contribution is 6.99. The Labute approximate surface area is 75.8 Å². The SMILES string of the molecule is OC(CC1CCC1)c1cnsn1. The fourth-order valence-corrected chi connectivity index (χ4v) is 1.95. The molecule has 1 atom stereocenters. The van der Waals surface area contributed by atoms with Crippen LogP contribution < -0.4 is 0 Å². The molecule has 66 valence electrons. The normalized spacial score (nSPS) is 20.4. The number of nitrogens with zero attached hydrogens (tertiary/aromatic N) is 2. The Morgan fingerprint density at radius 1 is 1.67 bits per heavy atom. The number of rotatable bonds is 3. The maximum Gasteiger partial charge on any atom is 0.103 e. The summed E-state index contributed by atoms with van der Waals surface area (Å²) in [5, 5.41) is 9.65. The first-order chi connectivity index (χ1) is 5.86. The second kappa shape index (κ2) is 3.49. The maximum atomic E-state index is 9.65. The van der Waals surface area contributed by atoms with Gasteiger partial charge in [0.25, 0.3) is 0 Å². The molecule has 1 aliphatic carbocycles. The summed E-state index contributed by atoms with van der Waals surface area (Å²) < 4.78 is 7.87. The largest absolute Gasteiger partial charge is 0.387 e. The summed E-state index contributed by atoms with van der Waals surface area (Å²) in [4.78, 5) is 0. The lowest BCUT2D eigenvalue weighted by molar-refractivity contribution is 0.115. The van der Waals surface area contributed by atoms with Crippen LogP contribution in [0, 0.1) is 5.92 Å². The summed E-state index contributed by atoms with van der Waals surface area (Å²) in [6, 6.07) is 0. The van der Waals surface area contributed by atoms with Gasteiger partial charge in [0.2, 0.25) is 0 Å². The second-order valence-electron chi connectivity index (χ2n) is 3.38. The van der Waals surface area contributed by atoms with Crippen LogP contribution in [0.1, 0.15) is 37.5 Å². The van der Waals surface area contributed by atoms with Crippen LogP contribution >= 0.6 is 11.7 Å². The Morgan fingerprint density at radius 3 is 3.00 bits per heavy atom. The molecule has 1 aromatic rings. The van der Waals surface area contributed by atoms with Crippen molar-refractivity contribution in [1.82, 2.24) is 8.75 Å². The molecule has 0 radical (unpaired) electrons. The minimum absolute atomic E-state index is 0.381. The minimum Gasteiger partial charge on any atom is -0.387 e. The monoisotopic (exact) mass is 184 g/mol. The molecule has 4 heteroatoms. The van der Waals surface area contributed by atoms with Crippen molar-refractivity contribution in [3.8, 4) is 0 Å². The van der Waals surface area contributed by atoms with Gasteiger partial charge in [0.05, 0.1) is 24.0 Å². The highest BCUT2D eigenvalue weighted by Crippen LogP contribution is 2.34. The number of aromatic nitrogens is 2. The predicted molar refractivity (Wildman–Crippen MR) is 46.8 cm³/mol. The van der Waals surface area contributed by atoms with E-state index in [0.717, 1.165) is 29.8 Å². The van der Waals surface area contributed by atoms with E-state index in [1.54, 1.807) is 6.20 Å². The lowest BCUT2D eigenvalue weighted by atomic mass is 9.81. The summed E-state index contributed by atoms with van der Waals surface area (Å²) >= 11 is 1.16. The van der Waals surface area contributed by atoms with Crippen molar-refractivity contribution in [2.75, 3.05) is 0 Å². The van der Waals surface area contributed by atoms with Crippen molar-refractivity contribution in [3.63, 3.8) is 0 Å². The van der Waals surface area contributed by atoms with Crippen LogP contribution in [0.4, 0.5) is 0 Å². The molecule has 1 N–H and O–H groups in total. The lowest BCUT2D eigenvalue weighted by Crippen LogP contribution is -2.14. The number of hydrogen-bond acceptors (Lipinski definition) is 4. The molecule has 3 nitrogen and oxygen atoms in total. The third-order valence-electron chi connectivity index (χ3n) is 2.50. The fourth-order valence-electron chi connectivity index (χ4n) is 1.48. The highest BCUT2D eigenvalue weighted by Gasteiger charge is 2.22. The fraction of sp³-hybridized carbons (Fsp3) is 0.750. The van der Waals surface area contributed by atoms with E-state index >= 15 is 0 Å². The van der Waals surface area contributed by atoms with Crippen LogP contribution in [0.2, 0.25) is 0 Å². The van der Waals surface area contributed by atoms with Crippen molar-refractivity contribution >= 4 is 11.7 Å². The van der Waals surface area contributed by atoms with Crippen LogP contribution in [0.15, 0.2) is 6.20 Å². The van der Waals surface area contributed by atoms with E-state index in [-0.39, 0.29) is 6.10 Å². The molecular weight excluding hydrogens is 172 g/mol. The Balaban J connectivity index is 1.87. The summed E-state index contributed by atoms with van der Waals surface area (Å²) in [5.41, 5.74) is 0.743. The van der Waals surface area contributed by atoms with Crippen molar-refractivity contribution < 1.29 is 5.11 Å². The van der Waals surface area contributed by atoms with Gasteiger partial charge in [-0.2, -0.15) is 8.75 Å². The third kappa shape index (κ3) is 1.64. The standard InChI is InChI=1S/C8H12N2OS/c11-8(4-6-2-1-3-6)7-5-9-12-10-7/h5-6,8,11H,1-4H2. The first-order valence-corrected chi connectivity index (χ1v) is 5.05. The minimum atomic E-state index is -0.381. The molecule has 12 heavy (non-hydrogen) atoms. The van der Waals surface area contributed by atoms with Gasteiger partial charge < -0.3 is 5.11 Å². The second-order valence-corrected chi connectivity index (χ2v) is 3.94. The van der Waals surface area contributed by atoms with Crippen LogP contribution in [0.3, 0.4) is 0 Å². The maximum absolute atomic E-state index is 9.65. The van der Waals surface area contributed by atoms with Crippen molar-refractivity contribution in [3.05, 3.63) is 11.9 Å². The summed E-state index contributed by atoms with van der Waals surface area (Å²) in [5.74, 6) is 0.724. The van der Waals surface area contributed by atoms with Gasteiger partial charge in [0, 0.05) is 0 Å². The zero-order valence-corrected chi connectivity index (χ0v) is 7.63. The van der Waals surface area contributed by atoms with Crippen LogP contribution in [0.5, 0.6) is 0 Å². The van der Waals surface area contributed by atoms with E-state index in [2.05, 4.69) is 8.75 Å². The van der Waals surface area contributed by atoms with Gasteiger partial charge >= 0.3 is 0 Å². The zero-order valence-electron chi connectivity index (χ0n) is 6.81. The van der Waals surface area contributed by atoms with Gasteiger partial charge in [-0.05, 0) is 12.3 Å². The van der Waals surface area contributed by atoms with E-state index in [1.807, 2.05) is 0 Å². The molecule has 1 unspecified atom stereocenters. The molecule has 1 aliphatic rings. The van der Waals surface area contributed by atoms with Gasteiger partial charge in [0.1, 0.15) is 5.69 Å². The molecule has 0 bridgehead atoms. The van der Waals surface area contributed by atoms with Crippen LogP contribution in [0.25, 0.3) is 0 Å². The van der Waals surface area contributed by atoms with Crippen molar-refractivity contribution in [2.45, 2.75) is 31.8 Å². The van der Waals surface area contributed by atoms with Crippen molar-refractivity contribution in [1.29, 1.82) is 0 Å². The predicted octanol–water partition coefficient (Wildman–Crippen LogP) is 1.76. The quantitative estimate of drug-likeness (QED) is 0.778. The average molecular weight is 184 g/mol. The number of hydrogen-bond donors (Lipinski definition) is 1. The van der Waals surface area contributed by atoms with E-state index in [0.29, 0.717) is 0 Å². The van der Waals surface area contributed by atoms with Gasteiger partial charge in [-0.15, -0.1) is 0 Å². The Morgan fingerprint density at radius 2 is 2.50 bits per heavy atom. The molecule has 1 aromatic heterocycles. The van der Waals surface area contributed by atoms with E-state index < -0.39 is 0 Å². The van der Waals surface area contributed by atoms with E-state index in [1.165, 1.54) is 19.3 Å². The summed E-state index contributed by atoms with van der Waals surface area (Å²) in [7, 11) is 0. The molecule has 1 fully saturated rings. The Kier molecular flexibility index (Phi) is 2.37. The Hall–Kier alpha value is -0.480. The molecule has 0 aromatic carbocycles. The van der Waals surface area contributed by atoms with Crippen molar-refractivity contribution in [2.24, 2.45) is 5.92 Å². The average Bonchev–Trinajstić information content (AvgIpc) is 2.47. The number of aliphatic hydroxyl groups is 1. The molecule has 0 saturated heterocycles. The van der Waals surface area contributed by atoms with Crippen LogP contribution in [-0.2, 0) is 0 Å². The highest BCUT2D eigenvalue weighted by atomic mass is 32.1. The van der Waals surface area contributed by atoms with Gasteiger partial charge in [-0.3, -0.25) is 0 Å². The van der Waals surface area contributed by atoms with E-state index in [4.69, 9.17) is 0 Å². The molecular formula is C8H12N2OS. The first-order valence-electron chi connectivity index (χ1n) is 4.32. The van der Waals surface area contributed by atoms with E-state index in [9.17, 15) is 5.11 Å². The summed E-state index contributed by atoms with van der Waals surface area (Å²) in [6.07, 6.45) is 6.02.